The van der Waals surface area contributed by atoms with Crippen LogP contribution in [0.3, 0.4) is 0 Å². The van der Waals surface area contributed by atoms with Gasteiger partial charge >= 0.3 is 0 Å². The zero-order chi connectivity index (χ0) is 13.5. The quantitative estimate of drug-likeness (QED) is 0.777. The molecule has 1 aromatic carbocycles. The van der Waals surface area contributed by atoms with Crippen LogP contribution in [0.4, 0.5) is 0 Å². The van der Waals surface area contributed by atoms with Crippen LogP contribution < -0.4 is 5.32 Å². The van der Waals surface area contributed by atoms with Gasteiger partial charge in [-0.2, -0.15) is 15.0 Å². The minimum Gasteiger partial charge on any atom is -0.311 e. The molecule has 2 aromatic rings. The summed E-state index contributed by atoms with van der Waals surface area (Å²) < 4.78 is 0. The lowest BCUT2D eigenvalue weighted by atomic mass is 10.1. The van der Waals surface area contributed by atoms with Crippen LogP contribution in [0, 0.1) is 5.92 Å². The molecular weight excluding hydrogens is 236 g/mol. The van der Waals surface area contributed by atoms with Crippen molar-refractivity contribution in [2.24, 2.45) is 5.92 Å². The Labute approximate surface area is 114 Å². The smallest absolute Gasteiger partial charge is 0.0969 e. The van der Waals surface area contributed by atoms with Gasteiger partial charge in [-0.05, 0) is 37.4 Å². The minimum absolute atomic E-state index is 0.778. The van der Waals surface area contributed by atoms with Gasteiger partial charge in [0.1, 0.15) is 0 Å². The molecule has 2 rings (SSSR count). The van der Waals surface area contributed by atoms with Gasteiger partial charge in [-0.1, -0.05) is 32.0 Å². The molecule has 0 saturated carbocycles. The molecule has 4 heteroatoms. The lowest BCUT2D eigenvalue weighted by molar-refractivity contribution is 0.525. The highest BCUT2D eigenvalue weighted by Crippen LogP contribution is 2.04. The van der Waals surface area contributed by atoms with Crippen molar-refractivity contribution in [2.45, 2.75) is 33.2 Å². The predicted molar refractivity (Wildman–Crippen MR) is 77.1 cm³/mol. The van der Waals surface area contributed by atoms with E-state index in [1.54, 1.807) is 4.80 Å². The van der Waals surface area contributed by atoms with Gasteiger partial charge in [-0.25, -0.2) is 0 Å². The molecule has 4 nitrogen and oxygen atoms in total. The summed E-state index contributed by atoms with van der Waals surface area (Å²) in [6.45, 7) is 6.33. The zero-order valence-electron chi connectivity index (χ0n) is 11.7. The average Bonchev–Trinajstić information content (AvgIpc) is 2.88. The van der Waals surface area contributed by atoms with Gasteiger partial charge < -0.3 is 5.32 Å². The van der Waals surface area contributed by atoms with E-state index in [2.05, 4.69) is 29.4 Å². The molecule has 1 aromatic heterocycles. The first kappa shape index (κ1) is 13.7. The van der Waals surface area contributed by atoms with Crippen molar-refractivity contribution < 1.29 is 0 Å². The standard InChI is InChI=1S/C15H22N4/c1-13(2)7-6-10-16-11-14-12-17-19(18-14)15-8-4-3-5-9-15/h3-5,8-9,12-13,16H,6-7,10-11H2,1-2H3. The van der Waals surface area contributed by atoms with Crippen molar-refractivity contribution in [1.29, 1.82) is 0 Å². The van der Waals surface area contributed by atoms with Crippen molar-refractivity contribution >= 4 is 0 Å². The topological polar surface area (TPSA) is 42.7 Å². The molecule has 0 aliphatic rings. The maximum atomic E-state index is 4.46. The second kappa shape index (κ2) is 7.04. The predicted octanol–water partition coefficient (Wildman–Crippen LogP) is 2.79. The zero-order valence-corrected chi connectivity index (χ0v) is 11.7. The van der Waals surface area contributed by atoms with E-state index < -0.39 is 0 Å². The molecule has 19 heavy (non-hydrogen) atoms. The monoisotopic (exact) mass is 258 g/mol. The fraction of sp³-hybridized carbons (Fsp3) is 0.467. The van der Waals surface area contributed by atoms with E-state index in [9.17, 15) is 0 Å². The van der Waals surface area contributed by atoms with E-state index in [1.165, 1.54) is 12.8 Å². The summed E-state index contributed by atoms with van der Waals surface area (Å²) in [5.41, 5.74) is 1.97. The van der Waals surface area contributed by atoms with Crippen molar-refractivity contribution in [3.63, 3.8) is 0 Å². The van der Waals surface area contributed by atoms with Crippen LogP contribution in [0.25, 0.3) is 5.69 Å². The molecule has 0 atom stereocenters. The molecule has 0 aliphatic carbocycles. The first-order valence-corrected chi connectivity index (χ1v) is 6.93. The van der Waals surface area contributed by atoms with E-state index in [-0.39, 0.29) is 0 Å². The van der Waals surface area contributed by atoms with Crippen molar-refractivity contribution in [3.05, 3.63) is 42.2 Å². The normalized spacial score (nSPS) is 11.1. The number of nitrogens with one attached hydrogen (secondary N) is 1. The Morgan fingerprint density at radius 2 is 2.00 bits per heavy atom. The third kappa shape index (κ3) is 4.48. The summed E-state index contributed by atoms with van der Waals surface area (Å²) >= 11 is 0. The Balaban J connectivity index is 1.78. The second-order valence-corrected chi connectivity index (χ2v) is 5.17. The van der Waals surface area contributed by atoms with E-state index in [0.717, 1.165) is 30.4 Å². The third-order valence-corrected chi connectivity index (χ3v) is 2.97. The van der Waals surface area contributed by atoms with Crippen LogP contribution >= 0.6 is 0 Å². The molecule has 0 aliphatic heterocycles. The summed E-state index contributed by atoms with van der Waals surface area (Å²) in [5, 5.41) is 12.1. The molecule has 0 unspecified atom stereocenters. The maximum Gasteiger partial charge on any atom is 0.0969 e. The first-order chi connectivity index (χ1) is 9.25. The van der Waals surface area contributed by atoms with Gasteiger partial charge in [-0.15, -0.1) is 0 Å². The lowest BCUT2D eigenvalue weighted by Crippen LogP contribution is -2.15. The maximum absolute atomic E-state index is 4.46. The Bertz CT molecular complexity index is 476. The summed E-state index contributed by atoms with van der Waals surface area (Å²) in [7, 11) is 0. The third-order valence-electron chi connectivity index (χ3n) is 2.97. The number of rotatable bonds is 7. The second-order valence-electron chi connectivity index (χ2n) is 5.17. The van der Waals surface area contributed by atoms with Gasteiger partial charge in [0.05, 0.1) is 17.6 Å². The number of hydrogen-bond donors (Lipinski definition) is 1. The molecule has 0 radical (unpaired) electrons. The van der Waals surface area contributed by atoms with Crippen LogP contribution in [0.5, 0.6) is 0 Å². The van der Waals surface area contributed by atoms with Gasteiger partial charge in [-0.3, -0.25) is 0 Å². The number of para-hydroxylation sites is 1. The van der Waals surface area contributed by atoms with Crippen molar-refractivity contribution in [2.75, 3.05) is 6.54 Å². The van der Waals surface area contributed by atoms with Crippen LogP contribution in [0.15, 0.2) is 36.5 Å². The Morgan fingerprint density at radius 1 is 1.21 bits per heavy atom. The van der Waals surface area contributed by atoms with Gasteiger partial charge in [0.25, 0.3) is 0 Å². The van der Waals surface area contributed by atoms with E-state index in [1.807, 2.05) is 36.5 Å². The Hall–Kier alpha value is -1.68. The molecular formula is C15H22N4. The minimum atomic E-state index is 0.778. The molecule has 0 amide bonds. The van der Waals surface area contributed by atoms with Crippen LogP contribution in [0.2, 0.25) is 0 Å². The van der Waals surface area contributed by atoms with E-state index in [0.29, 0.717) is 0 Å². The van der Waals surface area contributed by atoms with Crippen molar-refractivity contribution in [3.8, 4) is 5.69 Å². The molecule has 0 spiro atoms. The summed E-state index contributed by atoms with van der Waals surface area (Å²) in [5.74, 6) is 0.778. The average molecular weight is 258 g/mol. The molecule has 0 bridgehead atoms. The summed E-state index contributed by atoms with van der Waals surface area (Å²) in [4.78, 5) is 1.67. The van der Waals surface area contributed by atoms with Gasteiger partial charge in [0.2, 0.25) is 0 Å². The lowest BCUT2D eigenvalue weighted by Gasteiger charge is -2.04. The fourth-order valence-corrected chi connectivity index (χ4v) is 1.91. The number of aromatic nitrogens is 3. The Kier molecular flexibility index (Phi) is 5.10. The number of hydrogen-bond acceptors (Lipinski definition) is 3. The fourth-order valence-electron chi connectivity index (χ4n) is 1.91. The molecule has 0 fully saturated rings. The first-order valence-electron chi connectivity index (χ1n) is 6.93. The largest absolute Gasteiger partial charge is 0.311 e. The summed E-state index contributed by atoms with van der Waals surface area (Å²) in [6.07, 6.45) is 4.30. The van der Waals surface area contributed by atoms with Crippen LogP contribution in [-0.4, -0.2) is 21.5 Å². The van der Waals surface area contributed by atoms with E-state index in [4.69, 9.17) is 0 Å². The van der Waals surface area contributed by atoms with Crippen molar-refractivity contribution in [1.82, 2.24) is 20.3 Å². The SMILES string of the molecule is CC(C)CCCNCc1cnn(-c2ccccc2)n1. The number of benzene rings is 1. The van der Waals surface area contributed by atoms with Gasteiger partial charge in [0.15, 0.2) is 0 Å². The molecule has 0 saturated heterocycles. The Morgan fingerprint density at radius 3 is 2.74 bits per heavy atom. The number of nitrogens with zero attached hydrogens (tertiary/aromatic N) is 3. The van der Waals surface area contributed by atoms with Crippen LogP contribution in [-0.2, 0) is 6.54 Å². The summed E-state index contributed by atoms with van der Waals surface area (Å²) in [6, 6.07) is 9.97. The molecule has 1 heterocycles. The highest BCUT2D eigenvalue weighted by molar-refractivity contribution is 5.28. The highest BCUT2D eigenvalue weighted by Gasteiger charge is 2.02. The van der Waals surface area contributed by atoms with Gasteiger partial charge in [0, 0.05) is 6.54 Å². The van der Waals surface area contributed by atoms with E-state index >= 15 is 0 Å². The molecule has 102 valence electrons. The van der Waals surface area contributed by atoms with Crippen LogP contribution in [0.1, 0.15) is 32.4 Å². The highest BCUT2D eigenvalue weighted by atomic mass is 15.5. The molecule has 1 N–H and O–H groups in total.